The molecule has 1 saturated carbocycles. The summed E-state index contributed by atoms with van der Waals surface area (Å²) in [5, 5.41) is 19.8. The molecule has 56 valence electrons. The fourth-order valence-corrected chi connectivity index (χ4v) is 1.95. The number of hydrogen-bond acceptors (Lipinski definition) is 3. The van der Waals surface area contributed by atoms with Crippen molar-refractivity contribution in [3.05, 3.63) is 0 Å². The topological polar surface area (TPSA) is 82.1 Å². The lowest BCUT2D eigenvalue weighted by Crippen LogP contribution is -2.30. The Hall–Kier alpha value is -0.610. The molecular weight excluding hydrogens is 130 g/mol. The number of amidine groups is 1. The van der Waals surface area contributed by atoms with Crippen LogP contribution in [0.1, 0.15) is 0 Å². The van der Waals surface area contributed by atoms with E-state index in [2.05, 4.69) is 5.32 Å². The Morgan fingerprint density at radius 3 is 2.80 bits per heavy atom. The molecule has 3 unspecified atom stereocenters. The highest BCUT2D eigenvalue weighted by molar-refractivity contribution is 5.85. The Kier molecular flexibility index (Phi) is 0.928. The van der Waals surface area contributed by atoms with Crippen LogP contribution in [0, 0.1) is 17.2 Å². The van der Waals surface area contributed by atoms with Crippen LogP contribution in [0.3, 0.4) is 0 Å². The SMILES string of the molecule is N=C(N)C1C2CNCC21O. The van der Waals surface area contributed by atoms with Crippen molar-refractivity contribution >= 4 is 5.84 Å². The van der Waals surface area contributed by atoms with Crippen LogP contribution in [0.15, 0.2) is 0 Å². The lowest BCUT2D eigenvalue weighted by atomic mass is 10.2. The highest BCUT2D eigenvalue weighted by atomic mass is 16.3. The molecule has 1 aliphatic heterocycles. The maximum Gasteiger partial charge on any atom is 0.0971 e. The summed E-state index contributed by atoms with van der Waals surface area (Å²) in [6, 6.07) is 0. The maximum absolute atomic E-state index is 9.62. The van der Waals surface area contributed by atoms with E-state index < -0.39 is 5.60 Å². The second kappa shape index (κ2) is 1.52. The molecule has 2 rings (SSSR count). The number of hydrogen-bond donors (Lipinski definition) is 4. The average Bonchev–Trinajstić information content (AvgIpc) is 2.22. The molecule has 0 radical (unpaired) electrons. The van der Waals surface area contributed by atoms with Gasteiger partial charge in [-0.15, -0.1) is 0 Å². The average molecular weight is 141 g/mol. The van der Waals surface area contributed by atoms with E-state index in [1.807, 2.05) is 0 Å². The number of rotatable bonds is 1. The molecule has 0 aromatic carbocycles. The van der Waals surface area contributed by atoms with Gasteiger partial charge in [0.1, 0.15) is 0 Å². The molecule has 0 amide bonds. The first kappa shape index (κ1) is 6.12. The Morgan fingerprint density at radius 2 is 2.50 bits per heavy atom. The number of aliphatic hydroxyl groups is 1. The summed E-state index contributed by atoms with van der Waals surface area (Å²) in [7, 11) is 0. The van der Waals surface area contributed by atoms with Crippen LogP contribution < -0.4 is 11.1 Å². The first-order chi connectivity index (χ1) is 4.66. The molecule has 4 nitrogen and oxygen atoms in total. The minimum Gasteiger partial charge on any atom is -0.387 e. The predicted molar refractivity (Wildman–Crippen MR) is 36.7 cm³/mol. The Balaban J connectivity index is 2.15. The zero-order chi connectivity index (χ0) is 7.35. The van der Waals surface area contributed by atoms with E-state index in [1.54, 1.807) is 0 Å². The lowest BCUT2D eigenvalue weighted by molar-refractivity contribution is 0.147. The third kappa shape index (κ3) is 0.507. The number of nitrogens with one attached hydrogen (secondary N) is 2. The first-order valence-corrected chi connectivity index (χ1v) is 3.43. The molecule has 2 fully saturated rings. The fraction of sp³-hybridized carbons (Fsp3) is 0.833. The predicted octanol–water partition coefficient (Wildman–Crippen LogP) is -1.50. The van der Waals surface area contributed by atoms with Gasteiger partial charge >= 0.3 is 0 Å². The van der Waals surface area contributed by atoms with Gasteiger partial charge in [0, 0.05) is 19.0 Å². The van der Waals surface area contributed by atoms with Gasteiger partial charge in [-0.3, -0.25) is 5.41 Å². The van der Waals surface area contributed by atoms with Crippen LogP contribution in [0.25, 0.3) is 0 Å². The number of nitrogens with two attached hydrogens (primary N) is 1. The molecule has 3 atom stereocenters. The summed E-state index contributed by atoms with van der Waals surface area (Å²) in [5.74, 6) is 0.285. The molecule has 4 heteroatoms. The lowest BCUT2D eigenvalue weighted by Gasteiger charge is -2.05. The van der Waals surface area contributed by atoms with Crippen molar-refractivity contribution in [1.29, 1.82) is 5.41 Å². The van der Waals surface area contributed by atoms with E-state index >= 15 is 0 Å². The van der Waals surface area contributed by atoms with Crippen molar-refractivity contribution in [1.82, 2.24) is 5.32 Å². The standard InChI is InChI=1S/C6H11N3O/c7-5(8)4-3-1-9-2-6(3,4)10/h3-4,9-10H,1-2H2,(H3,7,8). The van der Waals surface area contributed by atoms with Gasteiger partial charge in [0.05, 0.1) is 17.4 Å². The van der Waals surface area contributed by atoms with Crippen molar-refractivity contribution in [3.8, 4) is 0 Å². The van der Waals surface area contributed by atoms with E-state index in [9.17, 15) is 5.11 Å². The Morgan fingerprint density at radius 1 is 1.80 bits per heavy atom. The zero-order valence-corrected chi connectivity index (χ0v) is 5.59. The summed E-state index contributed by atoms with van der Waals surface area (Å²) in [4.78, 5) is 0. The molecule has 1 heterocycles. The molecule has 10 heavy (non-hydrogen) atoms. The molecular formula is C6H11N3O. The quantitative estimate of drug-likeness (QED) is 0.265. The second-order valence-corrected chi connectivity index (χ2v) is 3.16. The van der Waals surface area contributed by atoms with E-state index in [0.29, 0.717) is 6.54 Å². The Labute approximate surface area is 58.9 Å². The maximum atomic E-state index is 9.62. The van der Waals surface area contributed by atoms with Crippen LogP contribution in [0.4, 0.5) is 0 Å². The van der Waals surface area contributed by atoms with Gasteiger partial charge < -0.3 is 16.2 Å². The summed E-state index contributed by atoms with van der Waals surface area (Å²) in [6.45, 7) is 1.41. The third-order valence-corrected chi connectivity index (χ3v) is 2.58. The normalized spacial score (nSPS) is 50.5. The fourth-order valence-electron chi connectivity index (χ4n) is 1.95. The van der Waals surface area contributed by atoms with Gasteiger partial charge in [-0.25, -0.2) is 0 Å². The largest absolute Gasteiger partial charge is 0.387 e. The molecule has 0 spiro atoms. The second-order valence-electron chi connectivity index (χ2n) is 3.16. The van der Waals surface area contributed by atoms with Crippen molar-refractivity contribution in [2.24, 2.45) is 17.6 Å². The monoisotopic (exact) mass is 141 g/mol. The molecule has 0 aromatic rings. The van der Waals surface area contributed by atoms with Crippen molar-refractivity contribution in [2.45, 2.75) is 5.60 Å². The summed E-state index contributed by atoms with van der Waals surface area (Å²) in [5.41, 5.74) is 4.61. The molecule has 5 N–H and O–H groups in total. The van der Waals surface area contributed by atoms with E-state index in [0.717, 1.165) is 6.54 Å². The number of β-amino-alcohol motifs (C(OH)–C–C–N with tert-alkyl or cyclic N) is 1. The summed E-state index contributed by atoms with van der Waals surface area (Å²) in [6.07, 6.45) is 0. The smallest absolute Gasteiger partial charge is 0.0971 e. The van der Waals surface area contributed by atoms with Crippen LogP contribution in [0.5, 0.6) is 0 Å². The summed E-state index contributed by atoms with van der Waals surface area (Å²) < 4.78 is 0. The molecule has 0 aromatic heterocycles. The van der Waals surface area contributed by atoms with Gasteiger partial charge in [-0.05, 0) is 0 Å². The minimum atomic E-state index is -0.661. The minimum absolute atomic E-state index is 0.0613. The Bertz CT molecular complexity index is 193. The van der Waals surface area contributed by atoms with E-state index in [4.69, 9.17) is 11.1 Å². The molecule has 2 aliphatic rings. The van der Waals surface area contributed by atoms with Crippen LogP contribution in [0.2, 0.25) is 0 Å². The van der Waals surface area contributed by atoms with Crippen molar-refractivity contribution in [3.63, 3.8) is 0 Å². The summed E-state index contributed by atoms with van der Waals surface area (Å²) >= 11 is 0. The van der Waals surface area contributed by atoms with Gasteiger partial charge in [0.25, 0.3) is 0 Å². The van der Waals surface area contributed by atoms with Gasteiger partial charge in [-0.1, -0.05) is 0 Å². The molecule has 1 aliphatic carbocycles. The van der Waals surface area contributed by atoms with Crippen LogP contribution in [-0.2, 0) is 0 Å². The van der Waals surface area contributed by atoms with Crippen molar-refractivity contribution in [2.75, 3.05) is 13.1 Å². The van der Waals surface area contributed by atoms with Gasteiger partial charge in [0.15, 0.2) is 0 Å². The third-order valence-electron chi connectivity index (χ3n) is 2.58. The first-order valence-electron chi connectivity index (χ1n) is 3.43. The zero-order valence-electron chi connectivity index (χ0n) is 5.59. The van der Waals surface area contributed by atoms with Crippen LogP contribution >= 0.6 is 0 Å². The molecule has 1 saturated heterocycles. The van der Waals surface area contributed by atoms with E-state index in [1.165, 1.54) is 0 Å². The van der Waals surface area contributed by atoms with E-state index in [-0.39, 0.29) is 17.7 Å². The van der Waals surface area contributed by atoms with Gasteiger partial charge in [-0.2, -0.15) is 0 Å². The number of fused-ring (bicyclic) bond motifs is 1. The number of piperidine rings is 1. The highest BCUT2D eigenvalue weighted by Gasteiger charge is 2.67. The van der Waals surface area contributed by atoms with Crippen LogP contribution in [-0.4, -0.2) is 29.6 Å². The van der Waals surface area contributed by atoms with Gasteiger partial charge in [0.2, 0.25) is 0 Å². The van der Waals surface area contributed by atoms with Crippen molar-refractivity contribution < 1.29 is 5.11 Å². The molecule has 0 bridgehead atoms. The highest BCUT2D eigenvalue weighted by Crippen LogP contribution is 2.52.